The topological polar surface area (TPSA) is 113 Å². The molecule has 0 aromatic heterocycles. The van der Waals surface area contributed by atoms with E-state index < -0.39 is 63.5 Å². The minimum Gasteiger partial charge on any atom is -0.406 e. The molecule has 2 heterocycles. The van der Waals surface area contributed by atoms with Gasteiger partial charge in [-0.25, -0.2) is 12.7 Å². The molecule has 4 rings (SSSR count). The van der Waals surface area contributed by atoms with Gasteiger partial charge in [-0.15, -0.1) is 13.2 Å². The number of rotatable bonds is 6. The van der Waals surface area contributed by atoms with Crippen LogP contribution >= 0.6 is 23.2 Å². The minimum atomic E-state index is -5.08. The molecule has 1 fully saturated rings. The lowest BCUT2D eigenvalue weighted by Gasteiger charge is -2.48. The maximum Gasteiger partial charge on any atom is 0.573 e. The number of sulfonamides is 1. The molecule has 0 radical (unpaired) electrons. The second kappa shape index (κ2) is 10.5. The van der Waals surface area contributed by atoms with Crippen molar-refractivity contribution in [2.75, 3.05) is 6.54 Å². The van der Waals surface area contributed by atoms with Gasteiger partial charge in [0.15, 0.2) is 0 Å². The molecule has 2 aliphatic heterocycles. The van der Waals surface area contributed by atoms with Crippen molar-refractivity contribution in [3.63, 3.8) is 0 Å². The number of nitrogens with two attached hydrogens (primary N) is 1. The van der Waals surface area contributed by atoms with E-state index >= 15 is 0 Å². The van der Waals surface area contributed by atoms with E-state index in [1.54, 1.807) is 38.1 Å². The van der Waals surface area contributed by atoms with Gasteiger partial charge in [0, 0.05) is 29.8 Å². The largest absolute Gasteiger partial charge is 0.573 e. The molecule has 1 saturated heterocycles. The zero-order chi connectivity index (χ0) is 28.9. The summed E-state index contributed by atoms with van der Waals surface area (Å²) in [4.78, 5) is 28.4. The summed E-state index contributed by atoms with van der Waals surface area (Å²) in [5.74, 6) is -2.16. The molecule has 2 unspecified atom stereocenters. The maximum atomic E-state index is 13.8. The van der Waals surface area contributed by atoms with Crippen LogP contribution in [0, 0.1) is 0 Å². The van der Waals surface area contributed by atoms with Crippen molar-refractivity contribution in [3.05, 3.63) is 70.1 Å². The van der Waals surface area contributed by atoms with Gasteiger partial charge in [0.25, 0.3) is 10.0 Å². The van der Waals surface area contributed by atoms with Gasteiger partial charge in [0.05, 0.1) is 11.6 Å². The molecule has 2 amide bonds. The summed E-state index contributed by atoms with van der Waals surface area (Å²) in [5, 5.41) is 0.0764. The number of benzene rings is 2. The van der Waals surface area contributed by atoms with Crippen LogP contribution in [-0.4, -0.2) is 65.4 Å². The summed E-state index contributed by atoms with van der Waals surface area (Å²) in [6, 6.07) is 6.04. The summed E-state index contributed by atoms with van der Waals surface area (Å²) in [5.41, 5.74) is 6.69. The molecule has 0 saturated carbocycles. The van der Waals surface area contributed by atoms with Crippen molar-refractivity contribution in [1.29, 1.82) is 0 Å². The molecular formula is C24H23Cl2F3N4O5S. The minimum absolute atomic E-state index is 0.0125. The lowest BCUT2D eigenvalue weighted by atomic mass is 9.99. The van der Waals surface area contributed by atoms with Gasteiger partial charge in [-0.05, 0) is 43.7 Å². The van der Waals surface area contributed by atoms with E-state index in [9.17, 15) is 31.2 Å². The predicted octanol–water partition coefficient (Wildman–Crippen LogP) is 3.71. The third-order valence-electron chi connectivity index (χ3n) is 6.13. The lowest BCUT2D eigenvalue weighted by molar-refractivity contribution is -0.274. The number of carbonyl (C=O) groups is 2. The van der Waals surface area contributed by atoms with Crippen molar-refractivity contribution in [2.24, 2.45) is 5.73 Å². The average molecular weight is 607 g/mol. The summed E-state index contributed by atoms with van der Waals surface area (Å²) < 4.78 is 70.8. The summed E-state index contributed by atoms with van der Waals surface area (Å²) in [6.07, 6.45) is -3.85. The molecule has 2 aliphatic rings. The van der Waals surface area contributed by atoms with E-state index in [0.717, 1.165) is 21.3 Å². The smallest absolute Gasteiger partial charge is 0.406 e. The van der Waals surface area contributed by atoms with Gasteiger partial charge in [0.1, 0.15) is 28.5 Å². The standard InChI is InChI=1S/C24H23Cl2F3N4O5S/c1-13(2)31-12-21-32(39(36,37)20-10-16(7-8-17(20)26)38-24(27,28)29)11-18(30)22(34)33(21)19(23(31)35)9-14-3-5-15(25)6-4-14/h3-8,10,12-13,18-19H,9,11,30H2,1-2H3. The first-order chi connectivity index (χ1) is 18.1. The number of alkyl halides is 3. The SMILES string of the molecule is CC(C)N1C=C2N(C(=O)C(N)CN2S(=O)(=O)c2cc(OC(F)(F)F)ccc2Cl)C(Cc2ccc(Cl)cc2)C1=O. The van der Waals surface area contributed by atoms with Crippen molar-refractivity contribution < 1.29 is 35.9 Å². The fourth-order valence-corrected chi connectivity index (χ4v) is 6.41. The zero-order valence-electron chi connectivity index (χ0n) is 20.5. The zero-order valence-corrected chi connectivity index (χ0v) is 22.9. The Labute approximate surface area is 232 Å². The van der Waals surface area contributed by atoms with Gasteiger partial charge < -0.3 is 15.4 Å². The first-order valence-electron chi connectivity index (χ1n) is 11.6. The normalized spacial score (nSPS) is 20.3. The highest BCUT2D eigenvalue weighted by Crippen LogP contribution is 2.37. The first-order valence-corrected chi connectivity index (χ1v) is 13.7. The first kappa shape index (κ1) is 29.0. The summed E-state index contributed by atoms with van der Waals surface area (Å²) in [7, 11) is -4.71. The van der Waals surface area contributed by atoms with E-state index in [4.69, 9.17) is 28.9 Å². The number of ether oxygens (including phenoxy) is 1. The van der Waals surface area contributed by atoms with Crippen LogP contribution in [0.25, 0.3) is 0 Å². The molecular weight excluding hydrogens is 584 g/mol. The van der Waals surface area contributed by atoms with Crippen molar-refractivity contribution in [1.82, 2.24) is 14.1 Å². The monoisotopic (exact) mass is 606 g/mol. The third-order valence-corrected chi connectivity index (χ3v) is 8.63. The number of halogens is 5. The number of hydrogen-bond donors (Lipinski definition) is 1. The average Bonchev–Trinajstić information content (AvgIpc) is 2.84. The fourth-order valence-electron chi connectivity index (χ4n) is 4.32. The van der Waals surface area contributed by atoms with Crippen LogP contribution in [0.4, 0.5) is 13.2 Å². The van der Waals surface area contributed by atoms with Crippen LogP contribution in [0.1, 0.15) is 19.4 Å². The van der Waals surface area contributed by atoms with E-state index in [0.29, 0.717) is 16.7 Å². The van der Waals surface area contributed by atoms with Crippen LogP contribution in [0.2, 0.25) is 10.0 Å². The van der Waals surface area contributed by atoms with Gasteiger partial charge >= 0.3 is 6.36 Å². The molecule has 0 aliphatic carbocycles. The highest BCUT2D eigenvalue weighted by molar-refractivity contribution is 7.89. The Morgan fingerprint density at radius 3 is 2.31 bits per heavy atom. The van der Waals surface area contributed by atoms with Crippen LogP contribution < -0.4 is 10.5 Å². The second-order valence-electron chi connectivity index (χ2n) is 9.16. The Morgan fingerprint density at radius 1 is 1.08 bits per heavy atom. The third kappa shape index (κ3) is 5.81. The molecule has 2 aromatic rings. The van der Waals surface area contributed by atoms with Crippen molar-refractivity contribution in [2.45, 2.75) is 49.7 Å². The number of fused-ring (bicyclic) bond motifs is 1. The number of nitrogens with zero attached hydrogens (tertiary/aromatic N) is 3. The Bertz CT molecular complexity index is 1430. The van der Waals surface area contributed by atoms with Crippen LogP contribution in [0.15, 0.2) is 59.4 Å². The van der Waals surface area contributed by atoms with Gasteiger partial charge in [-0.3, -0.25) is 14.5 Å². The Morgan fingerprint density at radius 2 is 1.72 bits per heavy atom. The number of carbonyl (C=O) groups excluding carboxylic acids is 2. The summed E-state index contributed by atoms with van der Waals surface area (Å²) in [6.45, 7) is 2.86. The van der Waals surface area contributed by atoms with Gasteiger partial charge in [-0.2, -0.15) is 0 Å². The lowest BCUT2D eigenvalue weighted by Crippen LogP contribution is -2.66. The van der Waals surface area contributed by atoms with E-state index in [-0.39, 0.29) is 17.3 Å². The number of amides is 2. The second-order valence-corrected chi connectivity index (χ2v) is 11.8. The van der Waals surface area contributed by atoms with Crippen LogP contribution in [0.3, 0.4) is 0 Å². The molecule has 0 bridgehead atoms. The Hall–Kier alpha value is -3.00. The highest BCUT2D eigenvalue weighted by atomic mass is 35.5. The molecule has 2 atom stereocenters. The fraction of sp³-hybridized carbons (Fsp3) is 0.333. The van der Waals surface area contributed by atoms with Gasteiger partial charge in [0.2, 0.25) is 11.8 Å². The molecule has 210 valence electrons. The molecule has 0 spiro atoms. The molecule has 39 heavy (non-hydrogen) atoms. The van der Waals surface area contributed by atoms with E-state index in [1.807, 2.05) is 0 Å². The molecule has 15 heteroatoms. The predicted molar refractivity (Wildman–Crippen MR) is 136 cm³/mol. The summed E-state index contributed by atoms with van der Waals surface area (Å²) >= 11 is 12.1. The van der Waals surface area contributed by atoms with E-state index in [2.05, 4.69) is 4.74 Å². The number of hydrogen-bond acceptors (Lipinski definition) is 6. The highest BCUT2D eigenvalue weighted by Gasteiger charge is 2.49. The van der Waals surface area contributed by atoms with E-state index in [1.165, 1.54) is 11.1 Å². The quantitative estimate of drug-likeness (QED) is 0.536. The van der Waals surface area contributed by atoms with Crippen molar-refractivity contribution in [3.8, 4) is 5.75 Å². The Balaban J connectivity index is 1.83. The maximum absolute atomic E-state index is 13.8. The molecule has 2 aromatic carbocycles. The Kier molecular flexibility index (Phi) is 7.83. The van der Waals surface area contributed by atoms with Gasteiger partial charge in [-0.1, -0.05) is 35.3 Å². The van der Waals surface area contributed by atoms with Crippen molar-refractivity contribution >= 4 is 45.0 Å². The van der Waals surface area contributed by atoms with Crippen LogP contribution in [-0.2, 0) is 26.0 Å². The van der Waals surface area contributed by atoms with Crippen LogP contribution in [0.5, 0.6) is 5.75 Å². The molecule has 2 N–H and O–H groups in total. The molecule has 9 nitrogen and oxygen atoms in total.